The molecule has 0 aromatic heterocycles. The summed E-state index contributed by atoms with van der Waals surface area (Å²) in [7, 11) is 0. The minimum Gasteiger partial charge on any atom is -0.443 e. The number of carbonyl (C=O) groups is 1. The van der Waals surface area contributed by atoms with Gasteiger partial charge in [-0.05, 0) is 23.3 Å². The monoisotopic (exact) mass is 333 g/mol. The Hall–Kier alpha value is -2.08. The van der Waals surface area contributed by atoms with Gasteiger partial charge in [0, 0.05) is 11.4 Å². The number of hydroxylamine groups is 2. The van der Waals surface area contributed by atoms with E-state index in [1.807, 2.05) is 30.3 Å². The number of halogens is 1. The average molecular weight is 334 g/mol. The van der Waals surface area contributed by atoms with E-state index in [2.05, 4.69) is 0 Å². The van der Waals surface area contributed by atoms with Crippen LogP contribution in [0.1, 0.15) is 23.6 Å². The summed E-state index contributed by atoms with van der Waals surface area (Å²) in [4.78, 5) is 17.4. The fourth-order valence-electron chi connectivity index (χ4n) is 2.44. The highest BCUT2D eigenvalue weighted by Gasteiger charge is 2.38. The Bertz CT molecular complexity index is 662. The van der Waals surface area contributed by atoms with Crippen molar-refractivity contribution in [3.05, 3.63) is 70.7 Å². The van der Waals surface area contributed by atoms with Crippen LogP contribution in [-0.4, -0.2) is 22.6 Å². The van der Waals surface area contributed by atoms with Crippen molar-refractivity contribution in [3.8, 4) is 0 Å². The van der Waals surface area contributed by atoms with Gasteiger partial charge in [0.05, 0.1) is 6.04 Å². The molecule has 0 unspecified atom stereocenters. The van der Waals surface area contributed by atoms with E-state index < -0.39 is 18.4 Å². The summed E-state index contributed by atoms with van der Waals surface area (Å²) in [6, 6.07) is 16.0. The number of aliphatic hydroxyl groups excluding tert-OH is 1. The van der Waals surface area contributed by atoms with Crippen LogP contribution in [-0.2, 0) is 16.2 Å². The number of amides is 1. The lowest BCUT2D eigenvalue weighted by Crippen LogP contribution is -2.30. The molecule has 2 aromatic rings. The van der Waals surface area contributed by atoms with Crippen LogP contribution >= 0.6 is 11.6 Å². The van der Waals surface area contributed by atoms with Gasteiger partial charge in [-0.2, -0.15) is 5.06 Å². The van der Waals surface area contributed by atoms with Gasteiger partial charge >= 0.3 is 6.09 Å². The molecule has 2 atom stereocenters. The number of rotatable bonds is 3. The average Bonchev–Trinajstić information content (AvgIpc) is 2.96. The first-order chi connectivity index (χ1) is 11.1. The number of hydrogen-bond donors (Lipinski definition) is 1. The number of carbonyl (C=O) groups excluding carboxylic acids is 1. The molecule has 120 valence electrons. The van der Waals surface area contributed by atoms with Gasteiger partial charge in [-0.15, -0.1) is 0 Å². The smallest absolute Gasteiger partial charge is 0.434 e. The number of ether oxygens (including phenoxy) is 1. The standard InChI is InChI=1S/C17H16ClNO4/c18-14-8-6-13(7-9-14)15-10-16(20)23-19(15)17(21)22-11-12-4-2-1-3-5-12/h1-9,15-16,20H,10-11H2/t15-,16-/m0/s1. The van der Waals surface area contributed by atoms with E-state index in [9.17, 15) is 9.90 Å². The van der Waals surface area contributed by atoms with Crippen LogP contribution in [0.15, 0.2) is 54.6 Å². The van der Waals surface area contributed by atoms with Gasteiger partial charge in [-0.25, -0.2) is 9.63 Å². The van der Waals surface area contributed by atoms with Crippen molar-refractivity contribution in [2.24, 2.45) is 0 Å². The van der Waals surface area contributed by atoms with E-state index in [-0.39, 0.29) is 13.0 Å². The molecule has 5 nitrogen and oxygen atoms in total. The molecule has 2 aromatic carbocycles. The van der Waals surface area contributed by atoms with Gasteiger partial charge < -0.3 is 9.84 Å². The quantitative estimate of drug-likeness (QED) is 0.931. The molecule has 1 heterocycles. The summed E-state index contributed by atoms with van der Waals surface area (Å²) in [6.45, 7) is 0.142. The molecular formula is C17H16ClNO4. The molecule has 1 fully saturated rings. The lowest BCUT2D eigenvalue weighted by molar-refractivity contribution is -0.202. The van der Waals surface area contributed by atoms with E-state index in [4.69, 9.17) is 21.2 Å². The number of benzene rings is 2. The summed E-state index contributed by atoms with van der Waals surface area (Å²) >= 11 is 5.88. The van der Waals surface area contributed by atoms with Gasteiger partial charge in [0.1, 0.15) is 6.61 Å². The summed E-state index contributed by atoms with van der Waals surface area (Å²) in [5, 5.41) is 11.4. The molecule has 1 N–H and O–H groups in total. The molecule has 1 aliphatic heterocycles. The van der Waals surface area contributed by atoms with Gasteiger partial charge in [-0.1, -0.05) is 54.1 Å². The predicted molar refractivity (Wildman–Crippen MR) is 84.4 cm³/mol. The lowest BCUT2D eigenvalue weighted by Gasteiger charge is -2.22. The molecule has 0 saturated carbocycles. The molecular weight excluding hydrogens is 318 g/mol. The van der Waals surface area contributed by atoms with Crippen LogP contribution in [0.4, 0.5) is 4.79 Å². The highest BCUT2D eigenvalue weighted by atomic mass is 35.5. The fourth-order valence-corrected chi connectivity index (χ4v) is 2.57. The third-order valence-corrected chi connectivity index (χ3v) is 3.84. The van der Waals surface area contributed by atoms with Crippen molar-refractivity contribution in [2.45, 2.75) is 25.4 Å². The van der Waals surface area contributed by atoms with Crippen molar-refractivity contribution in [1.29, 1.82) is 0 Å². The Kier molecular flexibility index (Phi) is 4.81. The molecule has 1 amide bonds. The van der Waals surface area contributed by atoms with E-state index in [0.717, 1.165) is 16.2 Å². The van der Waals surface area contributed by atoms with Crippen molar-refractivity contribution in [1.82, 2.24) is 5.06 Å². The SMILES string of the molecule is O=C(OCc1ccccc1)N1O[C@H](O)C[C@H]1c1ccc(Cl)cc1. The summed E-state index contributed by atoms with van der Waals surface area (Å²) < 4.78 is 5.26. The topological polar surface area (TPSA) is 59.0 Å². The van der Waals surface area contributed by atoms with Crippen molar-refractivity contribution >= 4 is 17.7 Å². The minimum absolute atomic E-state index is 0.142. The van der Waals surface area contributed by atoms with E-state index in [1.54, 1.807) is 24.3 Å². The normalized spacial score (nSPS) is 20.5. The maximum Gasteiger partial charge on any atom is 0.434 e. The molecule has 0 bridgehead atoms. The Balaban J connectivity index is 1.69. The molecule has 6 heteroatoms. The molecule has 0 radical (unpaired) electrons. The molecule has 1 aliphatic rings. The Labute approximate surface area is 139 Å². The van der Waals surface area contributed by atoms with Crippen LogP contribution < -0.4 is 0 Å². The largest absolute Gasteiger partial charge is 0.443 e. The van der Waals surface area contributed by atoms with Crippen molar-refractivity contribution < 1.29 is 19.5 Å². The molecule has 1 saturated heterocycles. The van der Waals surface area contributed by atoms with Gasteiger partial charge in [-0.3, -0.25) is 0 Å². The third kappa shape index (κ3) is 3.82. The van der Waals surface area contributed by atoms with Crippen LogP contribution in [0.3, 0.4) is 0 Å². The first kappa shape index (κ1) is 15.8. The second kappa shape index (κ2) is 7.00. The predicted octanol–water partition coefficient (Wildman–Crippen LogP) is 3.67. The third-order valence-electron chi connectivity index (χ3n) is 3.58. The molecule has 23 heavy (non-hydrogen) atoms. The highest BCUT2D eigenvalue weighted by Crippen LogP contribution is 2.34. The van der Waals surface area contributed by atoms with Gasteiger partial charge in [0.25, 0.3) is 0 Å². The lowest BCUT2D eigenvalue weighted by atomic mass is 10.0. The Morgan fingerprint density at radius 2 is 1.91 bits per heavy atom. The van der Waals surface area contributed by atoms with E-state index in [1.165, 1.54) is 0 Å². The second-order valence-electron chi connectivity index (χ2n) is 5.23. The van der Waals surface area contributed by atoms with Crippen LogP contribution in [0, 0.1) is 0 Å². The van der Waals surface area contributed by atoms with Crippen LogP contribution in [0.5, 0.6) is 0 Å². The van der Waals surface area contributed by atoms with Crippen molar-refractivity contribution in [2.75, 3.05) is 0 Å². The Morgan fingerprint density at radius 1 is 1.22 bits per heavy atom. The van der Waals surface area contributed by atoms with Crippen LogP contribution in [0.25, 0.3) is 0 Å². The first-order valence-corrected chi connectivity index (χ1v) is 7.61. The summed E-state index contributed by atoms with van der Waals surface area (Å²) in [5.41, 5.74) is 1.70. The number of nitrogens with zero attached hydrogens (tertiary/aromatic N) is 1. The maximum atomic E-state index is 12.3. The van der Waals surface area contributed by atoms with Gasteiger partial charge in [0.2, 0.25) is 0 Å². The number of hydrogen-bond acceptors (Lipinski definition) is 4. The van der Waals surface area contributed by atoms with Crippen LogP contribution in [0.2, 0.25) is 5.02 Å². The fraction of sp³-hybridized carbons (Fsp3) is 0.235. The van der Waals surface area contributed by atoms with E-state index in [0.29, 0.717) is 5.02 Å². The first-order valence-electron chi connectivity index (χ1n) is 7.23. The minimum atomic E-state index is -1.04. The van der Waals surface area contributed by atoms with Gasteiger partial charge in [0.15, 0.2) is 6.29 Å². The van der Waals surface area contributed by atoms with Crippen molar-refractivity contribution in [3.63, 3.8) is 0 Å². The highest BCUT2D eigenvalue weighted by molar-refractivity contribution is 6.30. The molecule has 0 spiro atoms. The Morgan fingerprint density at radius 3 is 2.61 bits per heavy atom. The summed E-state index contributed by atoms with van der Waals surface area (Å²) in [5.74, 6) is 0. The molecule has 0 aliphatic carbocycles. The molecule has 3 rings (SSSR count). The zero-order chi connectivity index (χ0) is 16.2. The summed E-state index contributed by atoms with van der Waals surface area (Å²) in [6.07, 6.45) is -1.40. The number of aliphatic hydroxyl groups is 1. The second-order valence-corrected chi connectivity index (χ2v) is 5.67. The zero-order valence-corrected chi connectivity index (χ0v) is 13.0. The zero-order valence-electron chi connectivity index (χ0n) is 12.3. The van der Waals surface area contributed by atoms with E-state index >= 15 is 0 Å². The maximum absolute atomic E-state index is 12.3.